The monoisotopic (exact) mass is 380 g/mol. The van der Waals surface area contributed by atoms with E-state index in [-0.39, 0.29) is 29.9 Å². The fraction of sp³-hybridized carbons (Fsp3) is 0.632. The van der Waals surface area contributed by atoms with Crippen LogP contribution in [0.2, 0.25) is 0 Å². The van der Waals surface area contributed by atoms with Crippen molar-refractivity contribution in [3.63, 3.8) is 0 Å². The third-order valence-electron chi connectivity index (χ3n) is 4.56. The smallest absolute Gasteiger partial charge is 0.325 e. The molecule has 0 saturated carbocycles. The van der Waals surface area contributed by atoms with Gasteiger partial charge in [0.15, 0.2) is 0 Å². The molecule has 0 unspecified atom stereocenters. The van der Waals surface area contributed by atoms with Crippen LogP contribution in [0.3, 0.4) is 0 Å². The van der Waals surface area contributed by atoms with Crippen LogP contribution >= 0.6 is 0 Å². The van der Waals surface area contributed by atoms with E-state index >= 15 is 0 Å². The van der Waals surface area contributed by atoms with Gasteiger partial charge in [-0.25, -0.2) is 0 Å². The maximum atomic E-state index is 12.2. The van der Waals surface area contributed by atoms with Crippen LogP contribution in [-0.2, 0) is 24.0 Å². The predicted molar refractivity (Wildman–Crippen MR) is 97.5 cm³/mol. The van der Waals surface area contributed by atoms with Crippen molar-refractivity contribution in [1.29, 1.82) is 0 Å². The number of carboxylic acids is 1. The Kier molecular flexibility index (Phi) is 8.84. The maximum absolute atomic E-state index is 12.2. The summed E-state index contributed by atoms with van der Waals surface area (Å²) in [6, 6.07) is -1.00. The molecule has 8 nitrogen and oxygen atoms in total. The lowest BCUT2D eigenvalue weighted by atomic mass is 9.88. The first kappa shape index (κ1) is 22.5. The lowest BCUT2D eigenvalue weighted by Crippen LogP contribution is -2.43. The summed E-state index contributed by atoms with van der Waals surface area (Å²) < 4.78 is 0. The summed E-state index contributed by atoms with van der Waals surface area (Å²) in [7, 11) is 0. The number of ketones is 1. The Hall–Kier alpha value is -2.51. The summed E-state index contributed by atoms with van der Waals surface area (Å²) in [5.41, 5.74) is 0. The largest absolute Gasteiger partial charge is 0.480 e. The Morgan fingerprint density at radius 1 is 1.04 bits per heavy atom. The van der Waals surface area contributed by atoms with Crippen LogP contribution in [0.5, 0.6) is 0 Å². The van der Waals surface area contributed by atoms with Crippen molar-refractivity contribution in [2.24, 2.45) is 11.8 Å². The minimum absolute atomic E-state index is 0.0539. The van der Waals surface area contributed by atoms with Gasteiger partial charge in [-0.2, -0.15) is 0 Å². The molecule has 8 heteroatoms. The summed E-state index contributed by atoms with van der Waals surface area (Å²) in [6.45, 7) is 5.36. The Balaban J connectivity index is 2.33. The van der Waals surface area contributed by atoms with Crippen LogP contribution in [0.15, 0.2) is 12.2 Å². The molecule has 0 aromatic carbocycles. The van der Waals surface area contributed by atoms with Crippen molar-refractivity contribution in [2.45, 2.75) is 58.9 Å². The van der Waals surface area contributed by atoms with Gasteiger partial charge in [0.1, 0.15) is 11.8 Å². The third kappa shape index (κ3) is 7.32. The molecule has 27 heavy (non-hydrogen) atoms. The zero-order valence-corrected chi connectivity index (χ0v) is 16.1. The molecule has 0 fully saturated rings. The Bertz CT molecular complexity index is 608. The van der Waals surface area contributed by atoms with Gasteiger partial charge in [-0.1, -0.05) is 20.3 Å². The molecule has 1 heterocycles. The van der Waals surface area contributed by atoms with E-state index in [0.717, 1.165) is 0 Å². The minimum Gasteiger partial charge on any atom is -0.480 e. The van der Waals surface area contributed by atoms with Gasteiger partial charge in [0.05, 0.1) is 0 Å². The molecule has 1 aliphatic rings. The first-order valence-corrected chi connectivity index (χ1v) is 9.22. The van der Waals surface area contributed by atoms with E-state index in [0.29, 0.717) is 32.2 Å². The maximum Gasteiger partial charge on any atom is 0.325 e. The number of unbranched alkanes of at least 4 members (excludes halogenated alkanes) is 2. The second-order valence-electron chi connectivity index (χ2n) is 7.13. The Labute approximate surface area is 159 Å². The van der Waals surface area contributed by atoms with E-state index in [1.165, 1.54) is 24.0 Å². The molecular weight excluding hydrogens is 352 g/mol. The van der Waals surface area contributed by atoms with Crippen molar-refractivity contribution in [3.05, 3.63) is 12.2 Å². The van der Waals surface area contributed by atoms with Gasteiger partial charge in [-0.15, -0.1) is 0 Å². The van der Waals surface area contributed by atoms with Gasteiger partial charge in [0, 0.05) is 37.5 Å². The number of aliphatic carboxylic acids is 1. The molecular formula is C19H28N2O6. The fourth-order valence-electron chi connectivity index (χ4n) is 2.78. The summed E-state index contributed by atoms with van der Waals surface area (Å²) >= 11 is 0. The standard InChI is InChI=1S/C19H28N2O6/c1-12(2)15(18(25)20-13(3)19(26)27)11-14(22)7-5-4-6-10-21-16(23)8-9-17(21)24/h8-9,12-13,15H,4-7,10-11H2,1-3H3,(H,20,25)(H,26,27)/t13-,15-/m0/s1. The highest BCUT2D eigenvalue weighted by Crippen LogP contribution is 2.18. The number of nitrogens with zero attached hydrogens (tertiary/aromatic N) is 1. The summed E-state index contributed by atoms with van der Waals surface area (Å²) in [5, 5.41) is 11.3. The van der Waals surface area contributed by atoms with E-state index < -0.39 is 23.8 Å². The molecule has 150 valence electrons. The van der Waals surface area contributed by atoms with Crippen molar-refractivity contribution < 1.29 is 29.1 Å². The molecule has 0 aromatic heterocycles. The van der Waals surface area contributed by atoms with E-state index in [1.807, 2.05) is 13.8 Å². The number of amides is 3. The number of imide groups is 1. The zero-order chi connectivity index (χ0) is 20.6. The highest BCUT2D eigenvalue weighted by atomic mass is 16.4. The lowest BCUT2D eigenvalue weighted by Gasteiger charge is -2.21. The van der Waals surface area contributed by atoms with E-state index in [4.69, 9.17) is 5.11 Å². The number of carbonyl (C=O) groups excluding carboxylic acids is 4. The summed E-state index contributed by atoms with van der Waals surface area (Å²) in [6.07, 6.45) is 4.80. The number of carboxylic acid groups (broad SMARTS) is 1. The first-order chi connectivity index (χ1) is 12.6. The highest BCUT2D eigenvalue weighted by molar-refractivity contribution is 6.12. The van der Waals surface area contributed by atoms with Crippen molar-refractivity contribution in [3.8, 4) is 0 Å². The van der Waals surface area contributed by atoms with Crippen LogP contribution in [0.4, 0.5) is 0 Å². The molecule has 0 aliphatic carbocycles. The second-order valence-corrected chi connectivity index (χ2v) is 7.13. The molecule has 0 saturated heterocycles. The topological polar surface area (TPSA) is 121 Å². The van der Waals surface area contributed by atoms with Crippen LogP contribution in [0, 0.1) is 11.8 Å². The molecule has 0 spiro atoms. The molecule has 0 radical (unpaired) electrons. The number of Topliss-reactive ketones (excluding diaryl/α,β-unsaturated/α-hetero) is 1. The average molecular weight is 380 g/mol. The normalized spacial score (nSPS) is 15.9. The van der Waals surface area contributed by atoms with Gasteiger partial charge < -0.3 is 10.4 Å². The number of hydrogen-bond acceptors (Lipinski definition) is 5. The van der Waals surface area contributed by atoms with Gasteiger partial charge in [0.2, 0.25) is 5.91 Å². The molecule has 3 amide bonds. The zero-order valence-electron chi connectivity index (χ0n) is 16.1. The van der Waals surface area contributed by atoms with Crippen LogP contribution < -0.4 is 5.32 Å². The van der Waals surface area contributed by atoms with Crippen LogP contribution in [0.25, 0.3) is 0 Å². The van der Waals surface area contributed by atoms with Crippen LogP contribution in [0.1, 0.15) is 52.9 Å². The van der Waals surface area contributed by atoms with Gasteiger partial charge in [-0.3, -0.25) is 28.9 Å². The number of carbonyl (C=O) groups is 5. The van der Waals surface area contributed by atoms with Crippen molar-refractivity contribution in [2.75, 3.05) is 6.54 Å². The van der Waals surface area contributed by atoms with Crippen molar-refractivity contribution in [1.82, 2.24) is 10.2 Å². The summed E-state index contributed by atoms with van der Waals surface area (Å²) in [5.74, 6) is -2.87. The number of rotatable bonds is 12. The average Bonchev–Trinajstić information content (AvgIpc) is 2.90. The van der Waals surface area contributed by atoms with Crippen LogP contribution in [-0.4, -0.2) is 52.1 Å². The first-order valence-electron chi connectivity index (χ1n) is 9.22. The SMILES string of the molecule is CC(C)[C@H](CC(=O)CCCCCN1C(=O)C=CC1=O)C(=O)N[C@@H](C)C(=O)O. The Morgan fingerprint density at radius 3 is 2.15 bits per heavy atom. The fourth-order valence-corrected chi connectivity index (χ4v) is 2.78. The third-order valence-corrected chi connectivity index (χ3v) is 4.56. The molecule has 1 rings (SSSR count). The van der Waals surface area contributed by atoms with E-state index in [9.17, 15) is 24.0 Å². The highest BCUT2D eigenvalue weighted by Gasteiger charge is 2.27. The molecule has 0 bridgehead atoms. The quantitative estimate of drug-likeness (QED) is 0.389. The molecule has 1 aliphatic heterocycles. The number of nitrogens with one attached hydrogen (secondary N) is 1. The molecule has 2 atom stereocenters. The van der Waals surface area contributed by atoms with E-state index in [1.54, 1.807) is 0 Å². The van der Waals surface area contributed by atoms with Gasteiger partial charge in [-0.05, 0) is 25.7 Å². The second kappa shape index (κ2) is 10.6. The van der Waals surface area contributed by atoms with Crippen molar-refractivity contribution >= 4 is 29.5 Å². The lowest BCUT2D eigenvalue weighted by molar-refractivity contribution is -0.142. The predicted octanol–water partition coefficient (Wildman–Crippen LogP) is 1.29. The number of hydrogen-bond donors (Lipinski definition) is 2. The van der Waals surface area contributed by atoms with Gasteiger partial charge >= 0.3 is 5.97 Å². The minimum atomic E-state index is -1.12. The molecule has 2 N–H and O–H groups in total. The van der Waals surface area contributed by atoms with Gasteiger partial charge in [0.25, 0.3) is 11.8 Å². The summed E-state index contributed by atoms with van der Waals surface area (Å²) in [4.78, 5) is 59.3. The Morgan fingerprint density at radius 2 is 1.63 bits per heavy atom. The molecule has 0 aromatic rings. The van der Waals surface area contributed by atoms with E-state index in [2.05, 4.69) is 5.32 Å².